The van der Waals surface area contributed by atoms with Crippen LogP contribution in [0.3, 0.4) is 0 Å². The number of carbonyl (C=O) groups excluding carboxylic acids is 2. The fraction of sp³-hybridized carbons (Fsp3) is 0.368. The van der Waals surface area contributed by atoms with Gasteiger partial charge in [-0.15, -0.1) is 11.3 Å². The van der Waals surface area contributed by atoms with Crippen LogP contribution in [0.15, 0.2) is 18.2 Å². The quantitative estimate of drug-likeness (QED) is 0.687. The van der Waals surface area contributed by atoms with Crippen molar-refractivity contribution in [3.63, 3.8) is 0 Å². The summed E-state index contributed by atoms with van der Waals surface area (Å²) in [6.07, 6.45) is 1.97. The number of thiophene rings is 1. The van der Waals surface area contributed by atoms with Gasteiger partial charge in [-0.05, 0) is 63.8 Å². The molecule has 1 heterocycles. The second kappa shape index (κ2) is 7.00. The van der Waals surface area contributed by atoms with Crippen LogP contribution in [0.5, 0.6) is 0 Å². The van der Waals surface area contributed by atoms with Crippen molar-refractivity contribution in [2.45, 2.75) is 45.6 Å². The van der Waals surface area contributed by atoms with E-state index in [-0.39, 0.29) is 16.4 Å². The van der Waals surface area contributed by atoms with Gasteiger partial charge in [0.25, 0.3) is 0 Å². The standard InChI is InChI=1S/C19H19ClFNO3S/c1-19(2,3)25-18(24)22-17-15(11-5-4-6-14(11)26-17)16(23)10-7-8-12(20)13(21)9-10/h7-9H,4-6H2,1-3H3,(H,22,24). The highest BCUT2D eigenvalue weighted by molar-refractivity contribution is 7.17. The molecule has 0 fully saturated rings. The number of rotatable bonds is 3. The maximum Gasteiger partial charge on any atom is 0.412 e. The predicted octanol–water partition coefficient (Wildman–Crippen LogP) is 5.61. The molecule has 1 N–H and O–H groups in total. The number of hydrogen-bond donors (Lipinski definition) is 1. The van der Waals surface area contributed by atoms with Crippen molar-refractivity contribution in [3.8, 4) is 0 Å². The Balaban J connectivity index is 1.96. The van der Waals surface area contributed by atoms with Crippen molar-refractivity contribution in [2.75, 3.05) is 5.32 Å². The molecular formula is C19H19ClFNO3S. The lowest BCUT2D eigenvalue weighted by atomic mass is 10.0. The largest absolute Gasteiger partial charge is 0.444 e. The highest BCUT2D eigenvalue weighted by atomic mass is 35.5. The van der Waals surface area contributed by atoms with Gasteiger partial charge in [0.1, 0.15) is 16.4 Å². The minimum absolute atomic E-state index is 0.0378. The Labute approximate surface area is 160 Å². The van der Waals surface area contributed by atoms with Gasteiger partial charge in [-0.2, -0.15) is 0 Å². The first-order chi connectivity index (χ1) is 12.2. The third kappa shape index (κ3) is 3.91. The molecule has 0 saturated heterocycles. The third-order valence-electron chi connectivity index (χ3n) is 3.94. The molecule has 138 valence electrons. The highest BCUT2D eigenvalue weighted by Crippen LogP contribution is 2.40. The van der Waals surface area contributed by atoms with Crippen LogP contribution in [0.25, 0.3) is 0 Å². The summed E-state index contributed by atoms with van der Waals surface area (Å²) in [4.78, 5) is 26.3. The number of ketones is 1. The zero-order valence-electron chi connectivity index (χ0n) is 14.7. The normalized spacial score (nSPS) is 13.4. The summed E-state index contributed by atoms with van der Waals surface area (Å²) in [5, 5.41) is 3.10. The van der Waals surface area contributed by atoms with Crippen LogP contribution in [0, 0.1) is 5.82 Å². The minimum atomic E-state index is -0.647. The summed E-state index contributed by atoms with van der Waals surface area (Å²) >= 11 is 7.09. The molecule has 7 heteroatoms. The Hall–Kier alpha value is -1.92. The number of benzene rings is 1. The summed E-state index contributed by atoms with van der Waals surface area (Å²) in [7, 11) is 0. The predicted molar refractivity (Wildman–Crippen MR) is 101 cm³/mol. The van der Waals surface area contributed by atoms with Crippen LogP contribution >= 0.6 is 22.9 Å². The Morgan fingerprint density at radius 3 is 2.65 bits per heavy atom. The summed E-state index contributed by atoms with van der Waals surface area (Å²) in [5.41, 5.74) is 0.913. The van der Waals surface area contributed by atoms with Crippen LogP contribution < -0.4 is 5.32 Å². The number of fused-ring (bicyclic) bond motifs is 1. The van der Waals surface area contributed by atoms with E-state index in [0.29, 0.717) is 10.6 Å². The van der Waals surface area contributed by atoms with Gasteiger partial charge in [-0.1, -0.05) is 11.6 Å². The molecule has 0 spiro atoms. The van der Waals surface area contributed by atoms with Crippen molar-refractivity contribution < 1.29 is 18.7 Å². The number of aryl methyl sites for hydroxylation is 1. The summed E-state index contributed by atoms with van der Waals surface area (Å²) in [5.74, 6) is -0.975. The second-order valence-corrected chi connectivity index (χ2v) is 8.66. The summed E-state index contributed by atoms with van der Waals surface area (Å²) in [6, 6.07) is 3.97. The number of carbonyl (C=O) groups is 2. The molecule has 2 aromatic rings. The average molecular weight is 396 g/mol. The lowest BCUT2D eigenvalue weighted by molar-refractivity contribution is 0.0636. The molecule has 1 aliphatic rings. The van der Waals surface area contributed by atoms with Crippen molar-refractivity contribution >= 4 is 39.8 Å². The Morgan fingerprint density at radius 1 is 1.27 bits per heavy atom. The molecule has 0 radical (unpaired) electrons. The van der Waals surface area contributed by atoms with E-state index >= 15 is 0 Å². The van der Waals surface area contributed by atoms with E-state index in [0.717, 1.165) is 35.8 Å². The molecule has 1 aromatic carbocycles. The molecule has 26 heavy (non-hydrogen) atoms. The molecule has 4 nitrogen and oxygen atoms in total. The van der Waals surface area contributed by atoms with E-state index in [1.54, 1.807) is 20.8 Å². The molecule has 1 amide bonds. The van der Waals surface area contributed by atoms with Gasteiger partial charge in [0.2, 0.25) is 0 Å². The van der Waals surface area contributed by atoms with E-state index in [9.17, 15) is 14.0 Å². The Kier molecular flexibility index (Phi) is 5.08. The lowest BCUT2D eigenvalue weighted by Gasteiger charge is -2.19. The van der Waals surface area contributed by atoms with Gasteiger partial charge < -0.3 is 4.74 Å². The van der Waals surface area contributed by atoms with E-state index < -0.39 is 17.5 Å². The van der Waals surface area contributed by atoms with Crippen molar-refractivity contribution in [3.05, 3.63) is 50.6 Å². The SMILES string of the molecule is CC(C)(C)OC(=O)Nc1sc2c(c1C(=O)c1ccc(Cl)c(F)c1)CCC2. The molecule has 0 bridgehead atoms. The highest BCUT2D eigenvalue weighted by Gasteiger charge is 2.29. The molecule has 0 aliphatic heterocycles. The zero-order chi connectivity index (χ0) is 19.1. The van der Waals surface area contributed by atoms with Crippen LogP contribution in [0.2, 0.25) is 5.02 Å². The third-order valence-corrected chi connectivity index (χ3v) is 5.46. The second-order valence-electron chi connectivity index (χ2n) is 7.15. The molecule has 0 unspecified atom stereocenters. The maximum atomic E-state index is 13.8. The Morgan fingerprint density at radius 2 is 2.00 bits per heavy atom. The smallest absolute Gasteiger partial charge is 0.412 e. The number of nitrogens with one attached hydrogen (secondary N) is 1. The van der Waals surface area contributed by atoms with E-state index in [1.165, 1.54) is 23.5 Å². The topological polar surface area (TPSA) is 55.4 Å². The summed E-state index contributed by atoms with van der Waals surface area (Å²) in [6.45, 7) is 5.30. The molecular weight excluding hydrogens is 377 g/mol. The van der Waals surface area contributed by atoms with Crippen molar-refractivity contribution in [2.24, 2.45) is 0 Å². The van der Waals surface area contributed by atoms with Crippen molar-refractivity contribution in [1.82, 2.24) is 0 Å². The summed E-state index contributed by atoms with van der Waals surface area (Å²) < 4.78 is 19.1. The van der Waals surface area contributed by atoms with Gasteiger partial charge in [0, 0.05) is 10.4 Å². The maximum absolute atomic E-state index is 13.8. The fourth-order valence-electron chi connectivity index (χ4n) is 2.91. The van der Waals surface area contributed by atoms with Gasteiger partial charge in [-0.3, -0.25) is 10.1 Å². The van der Waals surface area contributed by atoms with Gasteiger partial charge >= 0.3 is 6.09 Å². The number of ether oxygens (including phenoxy) is 1. The van der Waals surface area contributed by atoms with E-state index in [2.05, 4.69) is 5.32 Å². The first-order valence-corrected chi connectivity index (χ1v) is 9.49. The van der Waals surface area contributed by atoms with Gasteiger partial charge in [0.05, 0.1) is 10.6 Å². The molecule has 0 atom stereocenters. The van der Waals surface area contributed by atoms with Crippen LogP contribution in [-0.4, -0.2) is 17.5 Å². The van der Waals surface area contributed by atoms with Crippen LogP contribution in [-0.2, 0) is 17.6 Å². The van der Waals surface area contributed by atoms with Crippen molar-refractivity contribution in [1.29, 1.82) is 0 Å². The molecule has 3 rings (SSSR count). The monoisotopic (exact) mass is 395 g/mol. The van der Waals surface area contributed by atoms with E-state index in [4.69, 9.17) is 16.3 Å². The number of hydrogen-bond acceptors (Lipinski definition) is 4. The first kappa shape index (κ1) is 18.9. The molecule has 1 aliphatic carbocycles. The van der Waals surface area contributed by atoms with Gasteiger partial charge in [0.15, 0.2) is 5.78 Å². The Bertz CT molecular complexity index is 886. The van der Waals surface area contributed by atoms with Crippen LogP contribution in [0.4, 0.5) is 14.2 Å². The molecule has 1 aromatic heterocycles. The zero-order valence-corrected chi connectivity index (χ0v) is 16.3. The van der Waals surface area contributed by atoms with Crippen LogP contribution in [0.1, 0.15) is 53.6 Å². The number of halogens is 2. The minimum Gasteiger partial charge on any atom is -0.444 e. The number of amides is 1. The molecule has 0 saturated carbocycles. The average Bonchev–Trinajstić information content (AvgIpc) is 3.07. The fourth-order valence-corrected chi connectivity index (χ4v) is 4.30. The lowest BCUT2D eigenvalue weighted by Crippen LogP contribution is -2.27. The first-order valence-electron chi connectivity index (χ1n) is 8.30. The van der Waals surface area contributed by atoms with Gasteiger partial charge in [-0.25, -0.2) is 9.18 Å². The van der Waals surface area contributed by atoms with E-state index in [1.807, 2.05) is 0 Å². The number of anilines is 1.